The zero-order valence-corrected chi connectivity index (χ0v) is 17.5. The molecule has 1 saturated heterocycles. The van der Waals surface area contributed by atoms with Gasteiger partial charge in [0, 0.05) is 0 Å². The largest absolute Gasteiger partial charge is 0.497 e. The first-order valence-corrected chi connectivity index (χ1v) is 10.5. The number of piperazine rings is 1. The van der Waals surface area contributed by atoms with Gasteiger partial charge in [0.05, 0.1) is 25.8 Å². The highest BCUT2D eigenvalue weighted by Gasteiger charge is 2.36. The van der Waals surface area contributed by atoms with Gasteiger partial charge in [-0.05, 0) is 47.2 Å². The molecule has 3 aromatic rings. The minimum atomic E-state index is -0.238. The Labute approximate surface area is 176 Å². The van der Waals surface area contributed by atoms with E-state index in [-0.39, 0.29) is 11.9 Å². The molecule has 1 atom stereocenters. The second-order valence-electron chi connectivity index (χ2n) is 7.76. The molecule has 0 amide bonds. The lowest BCUT2D eigenvalue weighted by atomic mass is 10.0. The molecule has 0 saturated carbocycles. The van der Waals surface area contributed by atoms with Gasteiger partial charge in [0.15, 0.2) is 6.04 Å². The van der Waals surface area contributed by atoms with Crippen LogP contribution in [0.25, 0.3) is 0 Å². The first-order valence-electron chi connectivity index (χ1n) is 10.5. The third-order valence-electron chi connectivity index (χ3n) is 6.03. The van der Waals surface area contributed by atoms with Crippen molar-refractivity contribution in [3.8, 4) is 5.75 Å². The Hall–Kier alpha value is -2.84. The maximum Gasteiger partial charge on any atom is 0.214 e. The third-order valence-corrected chi connectivity index (χ3v) is 6.03. The van der Waals surface area contributed by atoms with Crippen LogP contribution in [0.2, 0.25) is 0 Å². The molecule has 158 valence electrons. The van der Waals surface area contributed by atoms with Crippen molar-refractivity contribution in [2.24, 2.45) is 0 Å². The van der Waals surface area contributed by atoms with Gasteiger partial charge in [-0.3, -0.25) is 0 Å². The van der Waals surface area contributed by atoms with Crippen molar-refractivity contribution in [3.63, 3.8) is 0 Å². The van der Waals surface area contributed by atoms with Gasteiger partial charge in [-0.1, -0.05) is 24.3 Å². The van der Waals surface area contributed by atoms with Gasteiger partial charge in [0.2, 0.25) is 5.82 Å². The van der Waals surface area contributed by atoms with E-state index in [1.807, 2.05) is 36.4 Å². The lowest BCUT2D eigenvalue weighted by molar-refractivity contribution is -1.02. The quantitative estimate of drug-likeness (QED) is 0.563. The van der Waals surface area contributed by atoms with E-state index in [1.165, 1.54) is 11.0 Å². The summed E-state index contributed by atoms with van der Waals surface area (Å²) in [5.41, 5.74) is 1.71. The van der Waals surface area contributed by atoms with Crippen molar-refractivity contribution in [2.75, 3.05) is 39.8 Å². The maximum atomic E-state index is 14.9. The molecule has 1 aliphatic rings. The summed E-state index contributed by atoms with van der Waals surface area (Å²) in [6.07, 6.45) is 0. The summed E-state index contributed by atoms with van der Waals surface area (Å²) in [6, 6.07) is 14.6. The summed E-state index contributed by atoms with van der Waals surface area (Å²) in [6.45, 7) is 7.90. The summed E-state index contributed by atoms with van der Waals surface area (Å²) in [5.74, 6) is 1.30. The highest BCUT2D eigenvalue weighted by Crippen LogP contribution is 2.21. The number of hydrogen-bond acceptors (Lipinski definition) is 4. The number of hydrogen-bond donors (Lipinski definition) is 2. The second-order valence-corrected chi connectivity index (χ2v) is 7.76. The van der Waals surface area contributed by atoms with Gasteiger partial charge < -0.3 is 14.5 Å². The van der Waals surface area contributed by atoms with Crippen molar-refractivity contribution >= 4 is 0 Å². The summed E-state index contributed by atoms with van der Waals surface area (Å²) in [4.78, 5) is 2.90. The van der Waals surface area contributed by atoms with Crippen molar-refractivity contribution in [3.05, 3.63) is 71.3 Å². The number of halogens is 1. The fraction of sp³-hybridized carbons (Fsp3) is 0.409. The number of benzene rings is 2. The Morgan fingerprint density at radius 1 is 1.07 bits per heavy atom. The molecule has 0 radical (unpaired) electrons. The second kappa shape index (κ2) is 9.32. The molecule has 2 aromatic carbocycles. The van der Waals surface area contributed by atoms with E-state index in [0.717, 1.165) is 44.0 Å². The molecule has 7 nitrogen and oxygen atoms in total. The first-order chi connectivity index (χ1) is 14.7. The zero-order valence-electron chi connectivity index (χ0n) is 17.5. The van der Waals surface area contributed by atoms with Crippen LogP contribution in [0, 0.1) is 5.82 Å². The Bertz CT molecular complexity index is 952. The Morgan fingerprint density at radius 3 is 2.47 bits per heavy atom. The molecule has 1 fully saturated rings. The van der Waals surface area contributed by atoms with E-state index < -0.39 is 0 Å². The molecule has 2 N–H and O–H groups in total. The highest BCUT2D eigenvalue weighted by molar-refractivity contribution is 5.28. The van der Waals surface area contributed by atoms with Crippen molar-refractivity contribution in [1.82, 2.24) is 20.2 Å². The van der Waals surface area contributed by atoms with Gasteiger partial charge in [0.25, 0.3) is 0 Å². The predicted octanol–water partition coefficient (Wildman–Crippen LogP) is -0.238. The van der Waals surface area contributed by atoms with Crippen LogP contribution in [0.15, 0.2) is 48.5 Å². The van der Waals surface area contributed by atoms with Crippen LogP contribution in [0.3, 0.4) is 0 Å². The van der Waals surface area contributed by atoms with Crippen molar-refractivity contribution in [2.45, 2.75) is 19.5 Å². The van der Waals surface area contributed by atoms with Crippen LogP contribution in [0.4, 0.5) is 4.39 Å². The number of nitrogens with one attached hydrogen (secondary N) is 2. The van der Waals surface area contributed by atoms with E-state index >= 15 is 0 Å². The number of likely N-dealkylation sites (N-methyl/N-ethyl adjacent to an activating group) is 1. The fourth-order valence-electron chi connectivity index (χ4n) is 4.25. The SMILES string of the molecule is CC[NH+]1CC[NH+]([C@@H](c2ccccc2F)c2nnnn2Cc2ccc(OC)cc2)CC1. The summed E-state index contributed by atoms with van der Waals surface area (Å²) in [5, 5.41) is 12.6. The van der Waals surface area contributed by atoms with E-state index in [9.17, 15) is 4.39 Å². The van der Waals surface area contributed by atoms with Crippen LogP contribution in [0.1, 0.15) is 29.9 Å². The van der Waals surface area contributed by atoms with Gasteiger partial charge in [-0.25, -0.2) is 9.07 Å². The highest BCUT2D eigenvalue weighted by atomic mass is 19.1. The molecule has 2 heterocycles. The lowest BCUT2D eigenvalue weighted by Crippen LogP contribution is -3.28. The van der Waals surface area contributed by atoms with Gasteiger partial charge >= 0.3 is 0 Å². The number of aromatic nitrogens is 4. The van der Waals surface area contributed by atoms with Gasteiger partial charge in [-0.15, -0.1) is 5.10 Å². The normalized spacial score (nSPS) is 20.1. The van der Waals surface area contributed by atoms with E-state index in [4.69, 9.17) is 4.74 Å². The number of quaternary nitrogens is 2. The standard InChI is InChI=1S/C22H27FN6O/c1-3-27-12-14-28(15-13-27)21(19-6-4-5-7-20(19)23)22-24-25-26-29(22)16-17-8-10-18(30-2)11-9-17/h4-11,21H,3,12-16H2,1-2H3/p+2/t21-/m0/s1. The fourth-order valence-corrected chi connectivity index (χ4v) is 4.25. The van der Waals surface area contributed by atoms with Crippen LogP contribution < -0.4 is 14.5 Å². The zero-order chi connectivity index (χ0) is 20.9. The van der Waals surface area contributed by atoms with Crippen LogP contribution in [-0.2, 0) is 6.54 Å². The summed E-state index contributed by atoms with van der Waals surface area (Å²) in [7, 11) is 1.65. The van der Waals surface area contributed by atoms with Gasteiger partial charge in [-0.2, -0.15) is 0 Å². The minimum absolute atomic E-state index is 0.209. The van der Waals surface area contributed by atoms with Crippen molar-refractivity contribution in [1.29, 1.82) is 0 Å². The minimum Gasteiger partial charge on any atom is -0.497 e. The molecule has 1 aromatic heterocycles. The number of ether oxygens (including phenoxy) is 1. The average molecular weight is 413 g/mol. The molecule has 0 bridgehead atoms. The Morgan fingerprint density at radius 2 is 1.80 bits per heavy atom. The topological polar surface area (TPSA) is 61.7 Å². The number of nitrogens with zero attached hydrogens (tertiary/aromatic N) is 4. The van der Waals surface area contributed by atoms with Crippen LogP contribution in [0.5, 0.6) is 5.75 Å². The molecule has 8 heteroatoms. The Kier molecular flexibility index (Phi) is 6.35. The molecule has 4 rings (SSSR count). The van der Waals surface area contributed by atoms with E-state index in [0.29, 0.717) is 17.9 Å². The summed E-state index contributed by atoms with van der Waals surface area (Å²) < 4.78 is 21.9. The predicted molar refractivity (Wildman–Crippen MR) is 110 cm³/mol. The monoisotopic (exact) mass is 412 g/mol. The molecule has 30 heavy (non-hydrogen) atoms. The average Bonchev–Trinajstić information content (AvgIpc) is 3.24. The molecular formula is C22H29FN6O+2. The van der Waals surface area contributed by atoms with E-state index in [2.05, 4.69) is 22.4 Å². The lowest BCUT2D eigenvalue weighted by Gasteiger charge is -2.33. The van der Waals surface area contributed by atoms with Gasteiger partial charge in [0.1, 0.15) is 37.7 Å². The molecule has 1 aliphatic heterocycles. The Balaban J connectivity index is 1.66. The first kappa shape index (κ1) is 20.4. The molecular weight excluding hydrogens is 383 g/mol. The smallest absolute Gasteiger partial charge is 0.214 e. The summed E-state index contributed by atoms with van der Waals surface area (Å²) >= 11 is 0. The number of tetrazole rings is 1. The molecule has 0 unspecified atom stereocenters. The van der Waals surface area contributed by atoms with Crippen LogP contribution in [-0.4, -0.2) is 60.0 Å². The van der Waals surface area contributed by atoms with Crippen molar-refractivity contribution < 1.29 is 18.9 Å². The third kappa shape index (κ3) is 4.34. The van der Waals surface area contributed by atoms with Crippen LogP contribution >= 0.6 is 0 Å². The molecule has 0 aliphatic carbocycles. The number of methoxy groups -OCH3 is 1. The molecule has 0 spiro atoms. The van der Waals surface area contributed by atoms with E-state index in [1.54, 1.807) is 22.8 Å². The maximum absolute atomic E-state index is 14.9. The number of rotatable bonds is 7.